The Morgan fingerprint density at radius 3 is 2.35 bits per heavy atom. The maximum atomic E-state index is 12.9. The van der Waals surface area contributed by atoms with Crippen molar-refractivity contribution in [3.8, 4) is 11.8 Å². The van der Waals surface area contributed by atoms with Crippen LogP contribution in [-0.2, 0) is 9.53 Å². The minimum Gasteiger partial charge on any atom is -0.444 e. The quantitative estimate of drug-likeness (QED) is 0.615. The fraction of sp³-hybridized carbons (Fsp3) is 0.118. The van der Waals surface area contributed by atoms with Gasteiger partial charge in [-0.2, -0.15) is 0 Å². The SMILES string of the molecule is CC(=O)O[C@@H](C#Cc1ccccc1)c1ccc(F)cc1. The molecule has 2 rings (SSSR count). The Kier molecular flexibility index (Phi) is 4.52. The summed E-state index contributed by atoms with van der Waals surface area (Å²) < 4.78 is 18.1. The summed E-state index contributed by atoms with van der Waals surface area (Å²) in [7, 11) is 0. The molecule has 2 nitrogen and oxygen atoms in total. The van der Waals surface area contributed by atoms with E-state index in [0.717, 1.165) is 5.56 Å². The van der Waals surface area contributed by atoms with Crippen LogP contribution in [0.2, 0.25) is 0 Å². The van der Waals surface area contributed by atoms with Crippen LogP contribution in [0.1, 0.15) is 24.2 Å². The van der Waals surface area contributed by atoms with Gasteiger partial charge < -0.3 is 4.74 Å². The van der Waals surface area contributed by atoms with Crippen molar-refractivity contribution in [2.75, 3.05) is 0 Å². The molecule has 2 aromatic rings. The Balaban J connectivity index is 2.27. The van der Waals surface area contributed by atoms with Crippen LogP contribution in [-0.4, -0.2) is 5.97 Å². The number of esters is 1. The second-order valence-electron chi connectivity index (χ2n) is 4.18. The highest BCUT2D eigenvalue weighted by molar-refractivity contribution is 5.66. The van der Waals surface area contributed by atoms with E-state index >= 15 is 0 Å². The van der Waals surface area contributed by atoms with Crippen LogP contribution in [0.4, 0.5) is 4.39 Å². The molecule has 0 bridgehead atoms. The van der Waals surface area contributed by atoms with Gasteiger partial charge in [0.05, 0.1) is 0 Å². The van der Waals surface area contributed by atoms with Crippen molar-refractivity contribution in [2.24, 2.45) is 0 Å². The number of halogens is 1. The summed E-state index contributed by atoms with van der Waals surface area (Å²) in [5.41, 5.74) is 1.47. The van der Waals surface area contributed by atoms with Crippen LogP contribution in [0.5, 0.6) is 0 Å². The van der Waals surface area contributed by atoms with Crippen molar-refractivity contribution in [1.82, 2.24) is 0 Å². The van der Waals surface area contributed by atoms with Crippen molar-refractivity contribution in [3.05, 3.63) is 71.5 Å². The smallest absolute Gasteiger partial charge is 0.304 e. The zero-order valence-corrected chi connectivity index (χ0v) is 11.0. The highest BCUT2D eigenvalue weighted by atomic mass is 19.1. The Labute approximate surface area is 117 Å². The lowest BCUT2D eigenvalue weighted by Crippen LogP contribution is -2.06. The Bertz CT molecular complexity index is 636. The summed E-state index contributed by atoms with van der Waals surface area (Å²) >= 11 is 0. The Hall–Kier alpha value is -2.60. The van der Waals surface area contributed by atoms with Gasteiger partial charge in [-0.05, 0) is 30.2 Å². The van der Waals surface area contributed by atoms with Crippen LogP contribution < -0.4 is 0 Å². The molecule has 1 atom stereocenters. The van der Waals surface area contributed by atoms with Crippen LogP contribution in [0.3, 0.4) is 0 Å². The Morgan fingerprint density at radius 1 is 1.10 bits per heavy atom. The number of hydrogen-bond acceptors (Lipinski definition) is 2. The molecule has 0 aromatic heterocycles. The molecule has 100 valence electrons. The standard InChI is InChI=1S/C17H13FO2/c1-13(19)20-17(15-8-10-16(18)11-9-15)12-7-14-5-3-2-4-6-14/h2-6,8-11,17H,1H3/t17-/m0/s1. The van der Waals surface area contributed by atoms with Crippen molar-refractivity contribution in [3.63, 3.8) is 0 Å². The van der Waals surface area contributed by atoms with E-state index in [-0.39, 0.29) is 5.82 Å². The van der Waals surface area contributed by atoms with Gasteiger partial charge in [-0.25, -0.2) is 4.39 Å². The summed E-state index contributed by atoms with van der Waals surface area (Å²) in [6, 6.07) is 15.1. The third-order valence-electron chi connectivity index (χ3n) is 2.58. The topological polar surface area (TPSA) is 26.3 Å². The predicted octanol–water partition coefficient (Wildman–Crippen LogP) is 3.48. The summed E-state index contributed by atoms with van der Waals surface area (Å²) in [5, 5.41) is 0. The molecule has 0 saturated heterocycles. The maximum absolute atomic E-state index is 12.9. The lowest BCUT2D eigenvalue weighted by atomic mass is 10.1. The minimum absolute atomic E-state index is 0.341. The first-order chi connectivity index (χ1) is 9.65. The predicted molar refractivity (Wildman–Crippen MR) is 74.2 cm³/mol. The highest BCUT2D eigenvalue weighted by Gasteiger charge is 2.11. The second kappa shape index (κ2) is 6.53. The van der Waals surface area contributed by atoms with Crippen LogP contribution in [0.15, 0.2) is 54.6 Å². The molecule has 0 fully saturated rings. The average molecular weight is 268 g/mol. The van der Waals surface area contributed by atoms with E-state index in [0.29, 0.717) is 5.56 Å². The molecule has 0 aliphatic carbocycles. The third-order valence-corrected chi connectivity index (χ3v) is 2.58. The number of ether oxygens (including phenoxy) is 1. The largest absolute Gasteiger partial charge is 0.444 e. The highest BCUT2D eigenvalue weighted by Crippen LogP contribution is 2.17. The van der Waals surface area contributed by atoms with Crippen LogP contribution in [0.25, 0.3) is 0 Å². The average Bonchev–Trinajstić information content (AvgIpc) is 2.45. The molecule has 20 heavy (non-hydrogen) atoms. The second-order valence-corrected chi connectivity index (χ2v) is 4.18. The van der Waals surface area contributed by atoms with E-state index in [2.05, 4.69) is 11.8 Å². The van der Waals surface area contributed by atoms with Gasteiger partial charge in [0.15, 0.2) is 6.10 Å². The number of rotatable bonds is 2. The maximum Gasteiger partial charge on any atom is 0.304 e. The normalized spacial score (nSPS) is 11.1. The van der Waals surface area contributed by atoms with E-state index < -0.39 is 12.1 Å². The molecule has 0 heterocycles. The molecular weight excluding hydrogens is 255 g/mol. The molecule has 0 N–H and O–H groups in total. The van der Waals surface area contributed by atoms with Crippen LogP contribution >= 0.6 is 0 Å². The van der Waals surface area contributed by atoms with Crippen molar-refractivity contribution >= 4 is 5.97 Å². The molecule has 0 amide bonds. The first-order valence-electron chi connectivity index (χ1n) is 6.14. The van der Waals surface area contributed by atoms with Gasteiger partial charge in [-0.3, -0.25) is 4.79 Å². The summed E-state index contributed by atoms with van der Waals surface area (Å²) in [6.45, 7) is 1.32. The molecule has 3 heteroatoms. The van der Waals surface area contributed by atoms with Crippen molar-refractivity contribution in [2.45, 2.75) is 13.0 Å². The fourth-order valence-corrected chi connectivity index (χ4v) is 1.65. The molecule has 0 radical (unpaired) electrons. The van der Waals surface area contributed by atoms with E-state index in [1.807, 2.05) is 30.3 Å². The van der Waals surface area contributed by atoms with Crippen molar-refractivity contribution in [1.29, 1.82) is 0 Å². The number of hydrogen-bond donors (Lipinski definition) is 0. The number of benzene rings is 2. The van der Waals surface area contributed by atoms with Gasteiger partial charge in [0, 0.05) is 18.1 Å². The van der Waals surface area contributed by atoms with E-state index in [1.165, 1.54) is 19.1 Å². The summed E-state index contributed by atoms with van der Waals surface area (Å²) in [4.78, 5) is 11.1. The lowest BCUT2D eigenvalue weighted by molar-refractivity contribution is -0.144. The minimum atomic E-state index is -0.701. The summed E-state index contributed by atoms with van der Waals surface area (Å²) in [6.07, 6.45) is -0.701. The first kappa shape index (κ1) is 13.8. The molecule has 0 saturated carbocycles. The van der Waals surface area contributed by atoms with Gasteiger partial charge >= 0.3 is 5.97 Å². The van der Waals surface area contributed by atoms with Gasteiger partial charge in [0.25, 0.3) is 0 Å². The van der Waals surface area contributed by atoms with Gasteiger partial charge in [-0.15, -0.1) is 0 Å². The van der Waals surface area contributed by atoms with Gasteiger partial charge in [0.1, 0.15) is 5.82 Å². The zero-order chi connectivity index (χ0) is 14.4. The number of carbonyl (C=O) groups is 1. The fourth-order valence-electron chi connectivity index (χ4n) is 1.65. The molecule has 0 unspecified atom stereocenters. The first-order valence-corrected chi connectivity index (χ1v) is 6.14. The van der Waals surface area contributed by atoms with Gasteiger partial charge in [-0.1, -0.05) is 36.3 Å². The molecule has 0 spiro atoms. The molecular formula is C17H13FO2. The molecule has 0 aliphatic rings. The molecule has 2 aromatic carbocycles. The zero-order valence-electron chi connectivity index (χ0n) is 11.0. The van der Waals surface area contributed by atoms with E-state index in [1.54, 1.807) is 12.1 Å². The summed E-state index contributed by atoms with van der Waals surface area (Å²) in [5.74, 6) is 5.06. The van der Waals surface area contributed by atoms with Crippen LogP contribution in [0, 0.1) is 17.7 Å². The van der Waals surface area contributed by atoms with Gasteiger partial charge in [0.2, 0.25) is 0 Å². The Morgan fingerprint density at radius 2 is 1.75 bits per heavy atom. The lowest BCUT2D eigenvalue weighted by Gasteiger charge is -2.11. The monoisotopic (exact) mass is 268 g/mol. The van der Waals surface area contributed by atoms with E-state index in [9.17, 15) is 9.18 Å². The number of carbonyl (C=O) groups excluding carboxylic acids is 1. The third kappa shape index (κ3) is 3.96. The van der Waals surface area contributed by atoms with E-state index in [4.69, 9.17) is 4.74 Å². The van der Waals surface area contributed by atoms with Crippen molar-refractivity contribution < 1.29 is 13.9 Å². The molecule has 0 aliphatic heterocycles.